The fourth-order valence-electron chi connectivity index (χ4n) is 1.86. The van der Waals surface area contributed by atoms with E-state index in [9.17, 15) is 13.2 Å². The number of ether oxygens (including phenoxy) is 1. The number of aryl methyl sites for hydroxylation is 1. The van der Waals surface area contributed by atoms with Gasteiger partial charge in [0, 0.05) is 0 Å². The van der Waals surface area contributed by atoms with Crippen LogP contribution in [0.5, 0.6) is 0 Å². The average Bonchev–Trinajstić information content (AvgIpc) is 2.57. The monoisotopic (exact) mass is 346 g/mol. The molecule has 0 aliphatic carbocycles. The Labute approximate surface area is 141 Å². The highest BCUT2D eigenvalue weighted by Gasteiger charge is 2.30. The van der Waals surface area contributed by atoms with Crippen molar-refractivity contribution in [1.82, 2.24) is 0 Å². The molecule has 2 aromatic carbocycles. The van der Waals surface area contributed by atoms with Crippen molar-refractivity contribution in [3.8, 4) is 0 Å². The highest BCUT2D eigenvalue weighted by molar-refractivity contribution is 8.08. The standard InChI is InChI=1S/C17H18N2O4S/c1-3-23-17(20)16(19-18-14-11-9-13(2)10-12-14)24(21,22)15-7-5-4-6-8-15/h4-12,18H,3H2,1-2H3/b19-16-. The molecule has 2 aromatic rings. The quantitative estimate of drug-likeness (QED) is 0.398. The number of anilines is 1. The van der Waals surface area contributed by atoms with E-state index in [-0.39, 0.29) is 11.5 Å². The Bertz CT molecular complexity index is 829. The van der Waals surface area contributed by atoms with E-state index in [2.05, 4.69) is 10.5 Å². The summed E-state index contributed by atoms with van der Waals surface area (Å²) in [4.78, 5) is 12.0. The molecule has 0 heterocycles. The molecular formula is C17H18N2O4S. The first-order valence-electron chi connectivity index (χ1n) is 7.32. The normalized spacial score (nSPS) is 11.8. The number of nitrogens with zero attached hydrogens (tertiary/aromatic N) is 1. The molecule has 0 bridgehead atoms. The summed E-state index contributed by atoms with van der Waals surface area (Å²) in [7, 11) is -4.09. The molecular weight excluding hydrogens is 328 g/mol. The molecule has 0 aliphatic heterocycles. The Morgan fingerprint density at radius 2 is 1.71 bits per heavy atom. The lowest BCUT2D eigenvalue weighted by molar-refractivity contribution is -0.134. The van der Waals surface area contributed by atoms with Crippen LogP contribution >= 0.6 is 0 Å². The number of hydrogen-bond acceptors (Lipinski definition) is 6. The van der Waals surface area contributed by atoms with Crippen LogP contribution in [0, 0.1) is 6.92 Å². The average molecular weight is 346 g/mol. The Morgan fingerprint density at radius 3 is 2.29 bits per heavy atom. The molecule has 2 rings (SSSR count). The Balaban J connectivity index is 2.39. The van der Waals surface area contributed by atoms with Gasteiger partial charge in [-0.05, 0) is 38.1 Å². The number of rotatable bonds is 4. The van der Waals surface area contributed by atoms with Gasteiger partial charge in [0.05, 0.1) is 17.2 Å². The summed E-state index contributed by atoms with van der Waals surface area (Å²) in [5.74, 6) is -0.999. The van der Waals surface area contributed by atoms with Gasteiger partial charge in [-0.25, -0.2) is 13.2 Å². The van der Waals surface area contributed by atoms with Crippen LogP contribution in [0.4, 0.5) is 5.69 Å². The van der Waals surface area contributed by atoms with Gasteiger partial charge in [-0.1, -0.05) is 35.9 Å². The fraction of sp³-hybridized carbons (Fsp3) is 0.176. The van der Waals surface area contributed by atoms with Crippen molar-refractivity contribution in [3.63, 3.8) is 0 Å². The zero-order valence-electron chi connectivity index (χ0n) is 13.4. The van der Waals surface area contributed by atoms with Crippen LogP contribution in [0.2, 0.25) is 0 Å². The lowest BCUT2D eigenvalue weighted by Crippen LogP contribution is -2.28. The maximum atomic E-state index is 12.7. The third kappa shape index (κ3) is 4.20. The molecule has 7 heteroatoms. The highest BCUT2D eigenvalue weighted by atomic mass is 32.2. The van der Waals surface area contributed by atoms with Gasteiger partial charge in [-0.15, -0.1) is 0 Å². The van der Waals surface area contributed by atoms with Crippen molar-refractivity contribution >= 4 is 26.5 Å². The molecule has 0 atom stereocenters. The van der Waals surface area contributed by atoms with Crippen LogP contribution in [0.25, 0.3) is 0 Å². The Kier molecular flexibility index (Phi) is 5.70. The summed E-state index contributed by atoms with van der Waals surface area (Å²) < 4.78 is 30.1. The molecule has 1 N–H and O–H groups in total. The second-order valence-corrected chi connectivity index (χ2v) is 6.80. The van der Waals surface area contributed by atoms with Crippen molar-refractivity contribution in [2.45, 2.75) is 18.7 Å². The van der Waals surface area contributed by atoms with Crippen LogP contribution in [0.15, 0.2) is 64.6 Å². The van der Waals surface area contributed by atoms with Gasteiger partial charge in [0.25, 0.3) is 5.04 Å². The first kappa shape index (κ1) is 17.7. The molecule has 0 radical (unpaired) electrons. The van der Waals surface area contributed by atoms with Gasteiger partial charge >= 0.3 is 5.97 Å². The second kappa shape index (κ2) is 7.74. The summed E-state index contributed by atoms with van der Waals surface area (Å²) in [6.07, 6.45) is 0. The first-order valence-corrected chi connectivity index (χ1v) is 8.81. The van der Waals surface area contributed by atoms with Crippen LogP contribution < -0.4 is 5.43 Å². The van der Waals surface area contributed by atoms with E-state index in [4.69, 9.17) is 4.74 Å². The maximum Gasteiger partial charge on any atom is 0.371 e. The maximum absolute atomic E-state index is 12.7. The SMILES string of the molecule is CCOC(=O)/C(=N/Nc1ccc(C)cc1)S(=O)(=O)c1ccccc1. The Hall–Kier alpha value is -2.67. The van der Waals surface area contributed by atoms with E-state index in [1.165, 1.54) is 12.1 Å². The van der Waals surface area contributed by atoms with Crippen molar-refractivity contribution in [1.29, 1.82) is 0 Å². The number of carbonyl (C=O) groups excluding carboxylic acids is 1. The van der Waals surface area contributed by atoms with Gasteiger partial charge in [0.2, 0.25) is 9.84 Å². The fourth-order valence-corrected chi connectivity index (χ4v) is 3.05. The predicted octanol–water partition coefficient (Wildman–Crippen LogP) is 2.76. The number of sulfone groups is 1. The molecule has 0 unspecified atom stereocenters. The van der Waals surface area contributed by atoms with E-state index < -0.39 is 20.9 Å². The van der Waals surface area contributed by atoms with Gasteiger partial charge in [0.1, 0.15) is 0 Å². The molecule has 0 saturated heterocycles. The molecule has 0 aliphatic rings. The Morgan fingerprint density at radius 1 is 1.08 bits per heavy atom. The van der Waals surface area contributed by atoms with Crippen LogP contribution in [0.3, 0.4) is 0 Å². The lowest BCUT2D eigenvalue weighted by atomic mass is 10.2. The van der Waals surface area contributed by atoms with E-state index in [0.717, 1.165) is 5.56 Å². The number of esters is 1. The highest BCUT2D eigenvalue weighted by Crippen LogP contribution is 2.15. The smallest absolute Gasteiger partial charge is 0.371 e. The molecule has 0 spiro atoms. The summed E-state index contributed by atoms with van der Waals surface area (Å²) in [6, 6.07) is 14.8. The zero-order valence-corrected chi connectivity index (χ0v) is 14.2. The van der Waals surface area contributed by atoms with Gasteiger partial charge in [-0.2, -0.15) is 5.10 Å². The van der Waals surface area contributed by atoms with Crippen LogP contribution in [-0.2, 0) is 19.4 Å². The van der Waals surface area contributed by atoms with Gasteiger partial charge < -0.3 is 4.74 Å². The topological polar surface area (TPSA) is 84.8 Å². The predicted molar refractivity (Wildman–Crippen MR) is 92.5 cm³/mol. The first-order chi connectivity index (χ1) is 11.4. The number of hydrazone groups is 1. The molecule has 0 fully saturated rings. The minimum atomic E-state index is -4.09. The number of carbonyl (C=O) groups is 1. The minimum Gasteiger partial charge on any atom is -0.461 e. The third-order valence-electron chi connectivity index (χ3n) is 3.10. The van der Waals surface area contributed by atoms with Gasteiger partial charge in [0.15, 0.2) is 0 Å². The molecule has 24 heavy (non-hydrogen) atoms. The third-order valence-corrected chi connectivity index (χ3v) is 4.76. The summed E-state index contributed by atoms with van der Waals surface area (Å²) in [5.41, 5.74) is 4.20. The number of nitrogens with one attached hydrogen (secondary N) is 1. The lowest BCUT2D eigenvalue weighted by Gasteiger charge is -2.08. The van der Waals surface area contributed by atoms with Crippen LogP contribution in [-0.4, -0.2) is 26.0 Å². The molecule has 126 valence electrons. The van der Waals surface area contributed by atoms with E-state index in [1.807, 2.05) is 19.1 Å². The van der Waals surface area contributed by atoms with Crippen molar-refractivity contribution < 1.29 is 17.9 Å². The molecule has 0 aromatic heterocycles. The number of hydrogen-bond donors (Lipinski definition) is 1. The number of benzene rings is 2. The zero-order chi connectivity index (χ0) is 17.6. The van der Waals surface area contributed by atoms with Crippen molar-refractivity contribution in [2.75, 3.05) is 12.0 Å². The van der Waals surface area contributed by atoms with Crippen molar-refractivity contribution in [2.24, 2.45) is 5.10 Å². The van der Waals surface area contributed by atoms with E-state index in [1.54, 1.807) is 37.3 Å². The molecule has 6 nitrogen and oxygen atoms in total. The van der Waals surface area contributed by atoms with Crippen molar-refractivity contribution in [3.05, 3.63) is 60.2 Å². The van der Waals surface area contributed by atoms with E-state index in [0.29, 0.717) is 5.69 Å². The van der Waals surface area contributed by atoms with Crippen LogP contribution in [0.1, 0.15) is 12.5 Å². The molecule has 0 saturated carbocycles. The second-order valence-electron chi connectivity index (χ2n) is 4.93. The largest absolute Gasteiger partial charge is 0.461 e. The molecule has 0 amide bonds. The minimum absolute atomic E-state index is 0.0255. The summed E-state index contributed by atoms with van der Waals surface area (Å²) in [6.45, 7) is 3.57. The summed E-state index contributed by atoms with van der Waals surface area (Å²) in [5, 5.41) is 3.11. The van der Waals surface area contributed by atoms with E-state index >= 15 is 0 Å². The van der Waals surface area contributed by atoms with Gasteiger partial charge in [-0.3, -0.25) is 5.43 Å². The summed E-state index contributed by atoms with van der Waals surface area (Å²) >= 11 is 0.